The molecule has 358 valence electrons. The summed E-state index contributed by atoms with van der Waals surface area (Å²) in [7, 11) is 0. The Morgan fingerprint density at radius 1 is 0.636 bits per heavy atom. The number of ketones is 2. The Kier molecular flexibility index (Phi) is 17.9. The molecule has 5 unspecified atom stereocenters. The predicted octanol–water partition coefficient (Wildman–Crippen LogP) is 16.3. The molecule has 0 radical (unpaired) electrons. The Morgan fingerprint density at radius 3 is 1.77 bits per heavy atom. The molecule has 0 fully saturated rings. The number of carbonyl (C=O) groups is 2. The van der Waals surface area contributed by atoms with Crippen LogP contribution in [0.3, 0.4) is 0 Å². The third-order valence-corrected chi connectivity index (χ3v) is 15.8. The minimum Gasteiger partial charge on any atom is -0.355 e. The first-order valence-corrected chi connectivity index (χ1v) is 26.5. The van der Waals surface area contributed by atoms with Crippen molar-refractivity contribution in [3.05, 3.63) is 92.1 Å². The van der Waals surface area contributed by atoms with Gasteiger partial charge in [0.2, 0.25) is 0 Å². The van der Waals surface area contributed by atoms with E-state index in [9.17, 15) is 9.59 Å². The number of carbonyl (C=O) groups excluding carboxylic acids is 2. The van der Waals surface area contributed by atoms with Crippen molar-refractivity contribution in [3.63, 3.8) is 0 Å². The zero-order chi connectivity index (χ0) is 47.8. The SMILES string of the molecule is CCC1=C(C)c2nc1cc1[nH]c(c(C)c1CC)c(CC(C)CCCC(C)CCCC(C)CCCC(C)C)c1[nH]c(cc3nc(c2CCCC2=CC(=O)C=CC2=O)C(C)C3CC)c(CC)c1C. The third kappa shape index (κ3) is 11.7. The van der Waals surface area contributed by atoms with E-state index in [0.29, 0.717) is 17.9 Å². The van der Waals surface area contributed by atoms with Crippen molar-refractivity contribution in [2.24, 2.45) is 23.7 Å². The number of H-pyrrole nitrogens is 2. The Bertz CT molecular complexity index is 2490. The number of nitrogens with one attached hydrogen (secondary N) is 2. The lowest BCUT2D eigenvalue weighted by molar-refractivity contribution is -0.114. The average Bonchev–Trinajstić information content (AvgIpc) is 3.97. The summed E-state index contributed by atoms with van der Waals surface area (Å²) in [4.78, 5) is 44.4. The highest BCUT2D eigenvalue weighted by atomic mass is 16.1. The van der Waals surface area contributed by atoms with E-state index in [4.69, 9.17) is 9.97 Å². The first kappa shape index (κ1) is 51.1. The van der Waals surface area contributed by atoms with Crippen LogP contribution in [0.1, 0.15) is 228 Å². The number of aryl methyl sites for hydroxylation is 4. The highest BCUT2D eigenvalue weighted by Gasteiger charge is 2.32. The highest BCUT2D eigenvalue weighted by Crippen LogP contribution is 2.44. The summed E-state index contributed by atoms with van der Waals surface area (Å²) < 4.78 is 0. The molecule has 5 heterocycles. The second-order valence-corrected chi connectivity index (χ2v) is 21.3. The summed E-state index contributed by atoms with van der Waals surface area (Å²) in [6, 6.07) is 4.71. The Balaban J connectivity index is 1.43. The van der Waals surface area contributed by atoms with Crippen LogP contribution in [0.4, 0.5) is 0 Å². The molecule has 5 atom stereocenters. The van der Waals surface area contributed by atoms with Gasteiger partial charge in [0.15, 0.2) is 11.6 Å². The molecule has 0 aromatic carbocycles. The van der Waals surface area contributed by atoms with Gasteiger partial charge in [-0.3, -0.25) is 14.6 Å². The number of fused-ring (bicyclic) bond motifs is 8. The van der Waals surface area contributed by atoms with Gasteiger partial charge >= 0.3 is 0 Å². The summed E-state index contributed by atoms with van der Waals surface area (Å²) in [5.74, 6) is 3.27. The molecule has 6 nitrogen and oxygen atoms in total. The van der Waals surface area contributed by atoms with E-state index in [0.717, 1.165) is 91.0 Å². The number of allylic oxidation sites excluding steroid dienone is 6. The van der Waals surface area contributed by atoms with Crippen LogP contribution in [0.5, 0.6) is 0 Å². The molecule has 2 N–H and O–H groups in total. The van der Waals surface area contributed by atoms with Crippen LogP contribution in [-0.4, -0.2) is 31.5 Å². The fourth-order valence-corrected chi connectivity index (χ4v) is 11.8. The van der Waals surface area contributed by atoms with Crippen molar-refractivity contribution in [1.29, 1.82) is 0 Å². The van der Waals surface area contributed by atoms with Gasteiger partial charge in [0.1, 0.15) is 0 Å². The summed E-state index contributed by atoms with van der Waals surface area (Å²) in [5.41, 5.74) is 20.3. The Hall–Kier alpha value is -4.32. The fraction of sp³-hybridized carbons (Fsp3) is 0.600. The predicted molar refractivity (Wildman–Crippen MR) is 281 cm³/mol. The van der Waals surface area contributed by atoms with Gasteiger partial charge in [-0.25, -0.2) is 4.98 Å². The molecule has 3 aliphatic rings. The molecule has 0 amide bonds. The molecular weight excluding hydrogens is 809 g/mol. The van der Waals surface area contributed by atoms with E-state index in [1.54, 1.807) is 0 Å². The maximum absolute atomic E-state index is 12.8. The van der Waals surface area contributed by atoms with E-state index in [2.05, 4.69) is 112 Å². The molecule has 3 aromatic heterocycles. The van der Waals surface area contributed by atoms with Gasteiger partial charge in [-0.15, -0.1) is 0 Å². The van der Waals surface area contributed by atoms with Gasteiger partial charge in [-0.05, 0) is 171 Å². The van der Waals surface area contributed by atoms with Crippen molar-refractivity contribution in [2.75, 3.05) is 0 Å². The topological polar surface area (TPSA) is 91.5 Å². The van der Waals surface area contributed by atoms with Crippen LogP contribution in [-0.2, 0) is 35.3 Å². The number of nitrogens with zero attached hydrogens (tertiary/aromatic N) is 2. The van der Waals surface area contributed by atoms with E-state index >= 15 is 0 Å². The molecular formula is C60H86N4O2. The van der Waals surface area contributed by atoms with Gasteiger partial charge in [0, 0.05) is 50.9 Å². The maximum Gasteiger partial charge on any atom is 0.182 e. The van der Waals surface area contributed by atoms with Crippen LogP contribution < -0.4 is 0 Å². The molecule has 8 bridgehead atoms. The van der Waals surface area contributed by atoms with E-state index in [-0.39, 0.29) is 23.4 Å². The van der Waals surface area contributed by atoms with Gasteiger partial charge in [0.05, 0.1) is 11.4 Å². The van der Waals surface area contributed by atoms with Crippen molar-refractivity contribution in [2.45, 2.75) is 211 Å². The third-order valence-electron chi connectivity index (χ3n) is 15.8. The minimum absolute atomic E-state index is 0.0636. The molecule has 6 heteroatoms. The van der Waals surface area contributed by atoms with E-state index < -0.39 is 0 Å². The van der Waals surface area contributed by atoms with Gasteiger partial charge < -0.3 is 9.97 Å². The Labute approximate surface area is 399 Å². The van der Waals surface area contributed by atoms with E-state index in [1.165, 1.54) is 137 Å². The summed E-state index contributed by atoms with van der Waals surface area (Å²) in [6.45, 7) is 30.5. The van der Waals surface area contributed by atoms with Gasteiger partial charge in [-0.2, -0.15) is 0 Å². The summed E-state index contributed by atoms with van der Waals surface area (Å²) in [6.07, 6.45) is 23.1. The van der Waals surface area contributed by atoms with Crippen LogP contribution in [0.2, 0.25) is 0 Å². The van der Waals surface area contributed by atoms with Crippen LogP contribution in [0.15, 0.2) is 35.9 Å². The standard InChI is InChI=1S/C60H86N4O2/c1-14-46-40(10)57-50(29-21-28-44-33-45(65)30-31-56(44)66)58-41(11)47(15-2)53(62-58)35-55-49(17-4)43(13)60(64-55)51(59-42(12)48(16-3)54(63-59)34-52(46)61-57)32-39(9)27-20-26-38(8)25-19-24-37(7)23-18-22-36(5)6/h30-31,33-40,46,63-64H,14-29,32H2,1-13H3. The second kappa shape index (κ2) is 23.1. The lowest BCUT2D eigenvalue weighted by Gasteiger charge is -2.17. The summed E-state index contributed by atoms with van der Waals surface area (Å²) in [5, 5.41) is 0. The largest absolute Gasteiger partial charge is 0.355 e. The number of rotatable bonds is 22. The molecule has 3 aromatic rings. The van der Waals surface area contributed by atoms with Gasteiger partial charge in [-0.1, -0.05) is 127 Å². The van der Waals surface area contributed by atoms with Crippen molar-refractivity contribution < 1.29 is 9.59 Å². The zero-order valence-electron chi connectivity index (χ0n) is 43.6. The minimum atomic E-state index is -0.112. The monoisotopic (exact) mass is 895 g/mol. The number of aromatic amines is 2. The zero-order valence-corrected chi connectivity index (χ0v) is 43.6. The maximum atomic E-state index is 12.8. The molecule has 66 heavy (non-hydrogen) atoms. The lowest BCUT2D eigenvalue weighted by atomic mass is 9.85. The van der Waals surface area contributed by atoms with E-state index in [1.807, 2.05) is 0 Å². The average molecular weight is 895 g/mol. The van der Waals surface area contributed by atoms with Crippen molar-refractivity contribution in [3.8, 4) is 0 Å². The van der Waals surface area contributed by atoms with Crippen molar-refractivity contribution >= 4 is 44.8 Å². The fourth-order valence-electron chi connectivity index (χ4n) is 11.8. The molecule has 2 aliphatic heterocycles. The normalized spacial score (nSPS) is 17.9. The molecule has 0 spiro atoms. The van der Waals surface area contributed by atoms with Gasteiger partial charge in [0.25, 0.3) is 0 Å². The number of hydrogen-bond acceptors (Lipinski definition) is 4. The highest BCUT2D eigenvalue weighted by molar-refractivity contribution is 6.17. The molecule has 0 saturated heterocycles. The summed E-state index contributed by atoms with van der Waals surface area (Å²) >= 11 is 0. The molecule has 6 rings (SSSR count). The van der Waals surface area contributed by atoms with Crippen LogP contribution in [0.25, 0.3) is 33.2 Å². The number of aromatic nitrogens is 4. The quantitative estimate of drug-likeness (QED) is 0.0983. The van der Waals surface area contributed by atoms with Crippen LogP contribution in [0, 0.1) is 37.5 Å². The van der Waals surface area contributed by atoms with Crippen molar-refractivity contribution in [1.82, 2.24) is 19.9 Å². The first-order valence-electron chi connectivity index (χ1n) is 26.5. The lowest BCUT2D eigenvalue weighted by Crippen LogP contribution is -2.09. The Morgan fingerprint density at radius 2 is 1.21 bits per heavy atom. The number of hydrogen-bond donors (Lipinski definition) is 2. The van der Waals surface area contributed by atoms with Crippen LogP contribution >= 0.6 is 0 Å². The molecule has 0 saturated carbocycles. The smallest absolute Gasteiger partial charge is 0.182 e. The molecule has 1 aliphatic carbocycles. The second-order valence-electron chi connectivity index (χ2n) is 21.3. The first-order chi connectivity index (χ1) is 31.6.